The molecule has 0 radical (unpaired) electrons. The van der Waals surface area contributed by atoms with Crippen LogP contribution >= 0.6 is 0 Å². The van der Waals surface area contributed by atoms with Crippen molar-refractivity contribution in [2.75, 3.05) is 64.7 Å². The molecule has 5 aliphatic rings. The number of pyridine rings is 1. The van der Waals surface area contributed by atoms with E-state index < -0.39 is 17.2 Å². The van der Waals surface area contributed by atoms with Crippen molar-refractivity contribution in [2.24, 2.45) is 10.8 Å². The minimum atomic E-state index is -1.22. The highest BCUT2D eigenvalue weighted by molar-refractivity contribution is 6.02. The molecule has 11 nitrogen and oxygen atoms in total. The highest BCUT2D eigenvalue weighted by atomic mass is 19.1. The van der Waals surface area contributed by atoms with E-state index in [1.165, 1.54) is 44.2 Å². The summed E-state index contributed by atoms with van der Waals surface area (Å²) in [5.41, 5.74) is -1.31. The van der Waals surface area contributed by atoms with Gasteiger partial charge in [0.05, 0.1) is 46.7 Å². The van der Waals surface area contributed by atoms with Gasteiger partial charge in [0.2, 0.25) is 5.88 Å². The number of phenolic OH excluding ortho intramolecular Hbond substituents is 1. The number of ether oxygens (including phenoxy) is 4. The van der Waals surface area contributed by atoms with Crippen molar-refractivity contribution in [1.82, 2.24) is 19.9 Å². The molecule has 2 aliphatic carbocycles. The van der Waals surface area contributed by atoms with Crippen molar-refractivity contribution in [2.45, 2.75) is 69.6 Å². The Kier molecular flexibility index (Phi) is 8.22. The van der Waals surface area contributed by atoms with Crippen molar-refractivity contribution in [3.05, 3.63) is 42.0 Å². The zero-order valence-electron chi connectivity index (χ0n) is 29.7. The second-order valence-corrected chi connectivity index (χ2v) is 15.9. The lowest BCUT2D eigenvalue weighted by atomic mass is 9.60. The summed E-state index contributed by atoms with van der Waals surface area (Å²) in [5.74, 6) is -1.29. The summed E-state index contributed by atoms with van der Waals surface area (Å²) in [6.45, 7) is 5.76. The number of likely N-dealkylation sites (tertiary alicyclic amines) is 1. The van der Waals surface area contributed by atoms with E-state index in [0.29, 0.717) is 48.5 Å². The number of aromatic nitrogens is 3. The number of aromatic hydroxyl groups is 1. The van der Waals surface area contributed by atoms with Crippen LogP contribution in [0.3, 0.4) is 0 Å². The van der Waals surface area contributed by atoms with Gasteiger partial charge in [-0.3, -0.25) is 4.90 Å². The Morgan fingerprint density at radius 3 is 2.58 bits per heavy atom. The minimum absolute atomic E-state index is 0.00187. The van der Waals surface area contributed by atoms with Crippen LogP contribution in [0.1, 0.15) is 51.9 Å². The smallest absolute Gasteiger partial charge is 0.319 e. The molecular weight excluding hydrogens is 672 g/mol. The van der Waals surface area contributed by atoms with E-state index in [1.807, 2.05) is 4.90 Å². The highest BCUT2D eigenvalue weighted by Gasteiger charge is 2.59. The van der Waals surface area contributed by atoms with Crippen LogP contribution in [-0.2, 0) is 9.47 Å². The van der Waals surface area contributed by atoms with Crippen molar-refractivity contribution in [3.8, 4) is 28.9 Å². The molecule has 4 aromatic rings. The average Bonchev–Trinajstić information content (AvgIpc) is 3.44. The molecule has 276 valence electrons. The molecule has 13 heteroatoms. The molecule has 2 aromatic heterocycles. The fourth-order valence-electron chi connectivity index (χ4n) is 9.88. The Hall–Kier alpha value is -3.91. The maximum atomic E-state index is 17.2. The van der Waals surface area contributed by atoms with Gasteiger partial charge in [-0.25, -0.2) is 13.8 Å². The number of nitrogens with zero attached hydrogens (tertiary/aromatic N) is 5. The molecule has 0 bridgehead atoms. The molecule has 4 unspecified atom stereocenters. The number of anilines is 1. The quantitative estimate of drug-likeness (QED) is 0.248. The lowest BCUT2D eigenvalue weighted by molar-refractivity contribution is -0.218. The van der Waals surface area contributed by atoms with Gasteiger partial charge < -0.3 is 34.1 Å². The number of piperidine rings is 1. The number of fused-ring (bicyclic) bond motifs is 3. The molecule has 1 spiro atoms. The molecule has 2 aromatic carbocycles. The van der Waals surface area contributed by atoms with E-state index >= 15 is 8.78 Å². The molecule has 3 aliphatic heterocycles. The molecule has 4 atom stereocenters. The number of aliphatic hydroxyl groups is 1. The summed E-state index contributed by atoms with van der Waals surface area (Å²) < 4.78 is 56.3. The van der Waals surface area contributed by atoms with Gasteiger partial charge in [0.15, 0.2) is 5.82 Å². The van der Waals surface area contributed by atoms with Gasteiger partial charge in [-0.15, -0.1) is 0 Å². The van der Waals surface area contributed by atoms with E-state index in [4.69, 9.17) is 28.9 Å². The topological polar surface area (TPSA) is 123 Å². The minimum Gasteiger partial charge on any atom is -0.508 e. The van der Waals surface area contributed by atoms with Crippen molar-refractivity contribution >= 4 is 27.5 Å². The maximum Gasteiger partial charge on any atom is 0.319 e. The van der Waals surface area contributed by atoms with Crippen molar-refractivity contribution in [3.63, 3.8) is 0 Å². The lowest BCUT2D eigenvalue weighted by Gasteiger charge is -2.62. The molecule has 3 saturated heterocycles. The third-order valence-electron chi connectivity index (χ3n) is 12.5. The van der Waals surface area contributed by atoms with E-state index in [9.17, 15) is 10.2 Å². The normalized spacial score (nSPS) is 28.8. The first kappa shape index (κ1) is 33.9. The first-order valence-corrected chi connectivity index (χ1v) is 18.5. The molecule has 2 saturated carbocycles. The molecule has 9 rings (SSSR count). The summed E-state index contributed by atoms with van der Waals surface area (Å²) in [6.07, 6.45) is 7.79. The zero-order valence-corrected chi connectivity index (χ0v) is 29.7. The van der Waals surface area contributed by atoms with Gasteiger partial charge in [0.25, 0.3) is 0 Å². The number of hydrogen-bond acceptors (Lipinski definition) is 11. The van der Waals surface area contributed by atoms with Crippen LogP contribution in [0.4, 0.5) is 14.6 Å². The maximum absolute atomic E-state index is 17.2. The standard InChI is InChI=1S/C39H45F2N5O6/c1-37(48)18-45(14-15-50-19-37)34-30-33(31(41)32(42-35(30)49-2)25-17-24(47)16-23-6-3-7-26(40)29(23)25)43-36(44-34)52-22-38-10-4-8-27(38)46(13-5-11-38)28-9-12-39(28)20-51-21-39/h3,6-7,16-17,27-28,47-48H,4-5,8-15,18-22H2,1-2H3. The first-order chi connectivity index (χ1) is 25.1. The third kappa shape index (κ3) is 5.45. The number of hydrogen-bond donors (Lipinski definition) is 2. The van der Waals surface area contributed by atoms with Crippen LogP contribution in [0.2, 0.25) is 0 Å². The van der Waals surface area contributed by atoms with Crippen LogP contribution in [0.15, 0.2) is 30.3 Å². The van der Waals surface area contributed by atoms with Crippen molar-refractivity contribution < 1.29 is 37.9 Å². The second kappa shape index (κ2) is 12.6. The molecule has 5 fully saturated rings. The SMILES string of the molecule is COc1nc(-c2cc(O)cc3cccc(F)c23)c(F)c2nc(OCC34CCCC3N(C3CCC35COC5)CCC4)nc(N3CCOCC(C)(O)C3)c12. The number of β-amino-alcohol motifs (C(OH)–C–C–N with tert-alkyl or cyclic N) is 1. The number of phenols is 1. The largest absolute Gasteiger partial charge is 0.508 e. The van der Waals surface area contributed by atoms with Gasteiger partial charge in [0.1, 0.15) is 39.6 Å². The Bertz CT molecular complexity index is 2040. The van der Waals surface area contributed by atoms with Gasteiger partial charge in [-0.2, -0.15) is 9.97 Å². The predicted molar refractivity (Wildman–Crippen MR) is 190 cm³/mol. The van der Waals surface area contributed by atoms with Gasteiger partial charge in [-0.1, -0.05) is 18.6 Å². The number of halogens is 2. The number of benzene rings is 2. The Morgan fingerprint density at radius 1 is 0.962 bits per heavy atom. The van der Waals surface area contributed by atoms with Gasteiger partial charge in [-0.05, 0) is 75.6 Å². The van der Waals surface area contributed by atoms with E-state index in [0.717, 1.165) is 51.9 Å². The molecule has 2 N–H and O–H groups in total. The third-order valence-corrected chi connectivity index (χ3v) is 12.5. The van der Waals surface area contributed by atoms with Gasteiger partial charge >= 0.3 is 6.01 Å². The Balaban J connectivity index is 1.15. The average molecular weight is 718 g/mol. The highest BCUT2D eigenvalue weighted by Crippen LogP contribution is 2.56. The fourth-order valence-corrected chi connectivity index (χ4v) is 9.88. The van der Waals surface area contributed by atoms with E-state index in [2.05, 4.69) is 9.88 Å². The summed E-state index contributed by atoms with van der Waals surface area (Å²) in [6, 6.07) is 8.09. The van der Waals surface area contributed by atoms with Crippen LogP contribution < -0.4 is 14.4 Å². The van der Waals surface area contributed by atoms with Crippen LogP contribution in [0, 0.1) is 22.5 Å². The zero-order chi connectivity index (χ0) is 35.8. The summed E-state index contributed by atoms with van der Waals surface area (Å²) in [7, 11) is 1.41. The monoisotopic (exact) mass is 717 g/mol. The summed E-state index contributed by atoms with van der Waals surface area (Å²) >= 11 is 0. The van der Waals surface area contributed by atoms with Crippen LogP contribution in [0.25, 0.3) is 32.9 Å². The van der Waals surface area contributed by atoms with Crippen molar-refractivity contribution in [1.29, 1.82) is 0 Å². The van der Waals surface area contributed by atoms with Crippen LogP contribution in [-0.4, -0.2) is 108 Å². The van der Waals surface area contributed by atoms with Gasteiger partial charge in [0, 0.05) is 40.4 Å². The lowest BCUT2D eigenvalue weighted by Crippen LogP contribution is -2.68. The first-order valence-electron chi connectivity index (χ1n) is 18.5. The molecule has 52 heavy (non-hydrogen) atoms. The van der Waals surface area contributed by atoms with E-state index in [-0.39, 0.29) is 63.8 Å². The van der Waals surface area contributed by atoms with E-state index in [1.54, 1.807) is 13.0 Å². The molecular formula is C39H45F2N5O6. The fraction of sp³-hybridized carbons (Fsp3) is 0.564. The summed E-state index contributed by atoms with van der Waals surface area (Å²) in [5, 5.41) is 22.4. The molecule has 0 amide bonds. The van der Waals surface area contributed by atoms with Crippen LogP contribution in [0.5, 0.6) is 17.6 Å². The summed E-state index contributed by atoms with van der Waals surface area (Å²) in [4.78, 5) is 18.7. The Morgan fingerprint density at radius 2 is 1.81 bits per heavy atom. The number of rotatable bonds is 7. The Labute approximate surface area is 300 Å². The molecule has 5 heterocycles. The predicted octanol–water partition coefficient (Wildman–Crippen LogP) is 5.62. The second-order valence-electron chi connectivity index (χ2n) is 15.9. The number of methoxy groups -OCH3 is 1.